The average Bonchev–Trinajstić information content (AvgIpc) is 2.85. The number of hydrazone groups is 1. The topological polar surface area (TPSA) is 63.6 Å². The molecule has 0 aliphatic heterocycles. The van der Waals surface area contributed by atoms with Crippen LogP contribution in [0.5, 0.6) is 0 Å². The molecule has 6 heteroatoms. The number of benzene rings is 1. The number of aromatic nitrogens is 1. The zero-order chi connectivity index (χ0) is 14.5. The molecule has 1 heterocycles. The Morgan fingerprint density at radius 3 is 2.90 bits per heavy atom. The predicted octanol–water partition coefficient (Wildman–Crippen LogP) is 2.99. The first-order valence-corrected chi connectivity index (χ1v) is 6.88. The number of nitrogens with one attached hydrogen (secondary N) is 1. The maximum Gasteiger partial charge on any atom is 0.338 e. The third kappa shape index (κ3) is 3.42. The van der Waals surface area contributed by atoms with Crippen molar-refractivity contribution in [2.75, 3.05) is 12.5 Å². The van der Waals surface area contributed by atoms with E-state index in [0.29, 0.717) is 5.56 Å². The minimum atomic E-state index is -0.346. The molecule has 0 spiro atoms. The van der Waals surface area contributed by atoms with Gasteiger partial charge in [-0.05, 0) is 31.0 Å². The number of hydrogen-bond acceptors (Lipinski definition) is 6. The minimum absolute atomic E-state index is 0.346. The van der Waals surface area contributed by atoms with E-state index in [4.69, 9.17) is 4.74 Å². The number of nitrogens with zero attached hydrogens (tertiary/aromatic N) is 2. The number of thiazole rings is 1. The van der Waals surface area contributed by atoms with E-state index in [9.17, 15) is 4.79 Å². The highest BCUT2D eigenvalue weighted by Gasteiger charge is 2.09. The van der Waals surface area contributed by atoms with E-state index in [0.717, 1.165) is 22.0 Å². The van der Waals surface area contributed by atoms with Gasteiger partial charge in [-0.3, -0.25) is 5.43 Å². The first kappa shape index (κ1) is 14.2. The lowest BCUT2D eigenvalue weighted by Crippen LogP contribution is -2.04. The summed E-state index contributed by atoms with van der Waals surface area (Å²) in [5.41, 5.74) is 6.04. The lowest BCUT2D eigenvalue weighted by atomic mass is 10.1. The van der Waals surface area contributed by atoms with Gasteiger partial charge in [0.15, 0.2) is 0 Å². The molecule has 1 N–H and O–H groups in total. The van der Waals surface area contributed by atoms with Crippen LogP contribution in [-0.4, -0.2) is 24.3 Å². The van der Waals surface area contributed by atoms with Crippen LogP contribution in [0.1, 0.15) is 27.2 Å². The highest BCUT2D eigenvalue weighted by Crippen LogP contribution is 2.14. The quantitative estimate of drug-likeness (QED) is 0.534. The summed E-state index contributed by atoms with van der Waals surface area (Å²) in [6, 6.07) is 5.50. The monoisotopic (exact) mass is 289 g/mol. The minimum Gasteiger partial charge on any atom is -0.465 e. The number of carbonyl (C=O) groups excluding carboxylic acids is 1. The summed E-state index contributed by atoms with van der Waals surface area (Å²) in [5, 5.41) is 6.78. The van der Waals surface area contributed by atoms with Gasteiger partial charge in [-0.2, -0.15) is 5.10 Å². The normalized spacial score (nSPS) is 10.8. The smallest absolute Gasteiger partial charge is 0.338 e. The number of hydrogen-bond donors (Lipinski definition) is 1. The van der Waals surface area contributed by atoms with Gasteiger partial charge in [0.05, 0.1) is 24.6 Å². The Kier molecular flexibility index (Phi) is 4.47. The lowest BCUT2D eigenvalue weighted by Gasteiger charge is -2.04. The van der Waals surface area contributed by atoms with Crippen LogP contribution < -0.4 is 5.43 Å². The van der Waals surface area contributed by atoms with Gasteiger partial charge in [-0.15, -0.1) is 11.3 Å². The van der Waals surface area contributed by atoms with Crippen LogP contribution in [0.2, 0.25) is 0 Å². The molecule has 20 heavy (non-hydrogen) atoms. The molecular weight excluding hydrogens is 274 g/mol. The summed E-state index contributed by atoms with van der Waals surface area (Å²) in [6.07, 6.45) is 1.64. The molecule has 0 atom stereocenters. The molecule has 0 fully saturated rings. The van der Waals surface area contributed by atoms with Crippen LogP contribution in [0, 0.1) is 13.8 Å². The Hall–Kier alpha value is -2.21. The van der Waals surface area contributed by atoms with Gasteiger partial charge in [0.25, 0.3) is 0 Å². The second-order valence-corrected chi connectivity index (χ2v) is 5.09. The van der Waals surface area contributed by atoms with Gasteiger partial charge in [-0.1, -0.05) is 12.1 Å². The molecule has 0 aliphatic carbocycles. The van der Waals surface area contributed by atoms with Crippen LogP contribution in [0.3, 0.4) is 0 Å². The summed E-state index contributed by atoms with van der Waals surface area (Å²) >= 11 is 1.49. The van der Waals surface area contributed by atoms with E-state index >= 15 is 0 Å². The van der Waals surface area contributed by atoms with Crippen molar-refractivity contribution < 1.29 is 9.53 Å². The van der Waals surface area contributed by atoms with Gasteiger partial charge in [0.1, 0.15) is 0 Å². The van der Waals surface area contributed by atoms with Crippen molar-refractivity contribution in [2.24, 2.45) is 5.10 Å². The molecule has 1 aromatic heterocycles. The number of anilines is 1. The second-order valence-electron chi connectivity index (χ2n) is 4.23. The fourth-order valence-electron chi connectivity index (χ4n) is 1.62. The van der Waals surface area contributed by atoms with E-state index < -0.39 is 0 Å². The summed E-state index contributed by atoms with van der Waals surface area (Å²) in [5.74, 6) is -0.346. The van der Waals surface area contributed by atoms with E-state index in [1.165, 1.54) is 18.4 Å². The fraction of sp³-hybridized carbons (Fsp3) is 0.214. The highest BCUT2D eigenvalue weighted by atomic mass is 32.1. The number of ether oxygens (including phenoxy) is 1. The van der Waals surface area contributed by atoms with Crippen molar-refractivity contribution >= 4 is 28.7 Å². The Morgan fingerprint density at radius 1 is 1.45 bits per heavy atom. The molecule has 2 rings (SSSR count). The first-order valence-electron chi connectivity index (χ1n) is 6.00. The van der Waals surface area contributed by atoms with Crippen molar-refractivity contribution in [3.05, 3.63) is 46.0 Å². The Balaban J connectivity index is 2.11. The maximum atomic E-state index is 11.6. The Morgan fingerprint density at radius 2 is 2.25 bits per heavy atom. The van der Waals surface area contributed by atoms with E-state index in [2.05, 4.69) is 15.5 Å². The van der Waals surface area contributed by atoms with E-state index in [1.54, 1.807) is 12.3 Å². The van der Waals surface area contributed by atoms with E-state index in [-0.39, 0.29) is 5.97 Å². The number of carbonyl (C=O) groups is 1. The van der Waals surface area contributed by atoms with Gasteiger partial charge in [0, 0.05) is 5.38 Å². The molecule has 0 aliphatic rings. The summed E-state index contributed by atoms with van der Waals surface area (Å²) < 4.78 is 4.74. The second kappa shape index (κ2) is 6.29. The maximum absolute atomic E-state index is 11.6. The zero-order valence-electron chi connectivity index (χ0n) is 11.5. The third-order valence-electron chi connectivity index (χ3n) is 2.66. The van der Waals surface area contributed by atoms with Crippen LogP contribution in [0.15, 0.2) is 28.7 Å². The first-order chi connectivity index (χ1) is 9.60. The van der Waals surface area contributed by atoms with Gasteiger partial charge in [-0.25, -0.2) is 9.78 Å². The average molecular weight is 289 g/mol. The van der Waals surface area contributed by atoms with Crippen LogP contribution in [0.4, 0.5) is 5.13 Å². The lowest BCUT2D eigenvalue weighted by molar-refractivity contribution is 0.0600. The standard InChI is InChI=1S/C14H15N3O2S/c1-9-4-5-11(6-12(9)13(18)19-3)7-15-17-14-16-10(2)8-20-14/h4-8H,1-3H3,(H,16,17). The van der Waals surface area contributed by atoms with Gasteiger partial charge < -0.3 is 4.74 Å². The van der Waals surface area contributed by atoms with Crippen molar-refractivity contribution in [3.63, 3.8) is 0 Å². The van der Waals surface area contributed by atoms with Crippen molar-refractivity contribution in [1.82, 2.24) is 4.98 Å². The van der Waals surface area contributed by atoms with E-state index in [1.807, 2.05) is 31.4 Å². The van der Waals surface area contributed by atoms with Crippen molar-refractivity contribution in [1.29, 1.82) is 0 Å². The molecule has 0 saturated carbocycles. The SMILES string of the molecule is COC(=O)c1cc(C=NNc2nc(C)cs2)ccc1C. The summed E-state index contributed by atoms with van der Waals surface area (Å²) in [7, 11) is 1.37. The Bertz CT molecular complexity index is 650. The number of aryl methyl sites for hydroxylation is 2. The highest BCUT2D eigenvalue weighted by molar-refractivity contribution is 7.13. The van der Waals surface area contributed by atoms with Crippen molar-refractivity contribution in [2.45, 2.75) is 13.8 Å². The van der Waals surface area contributed by atoms with Gasteiger partial charge >= 0.3 is 5.97 Å². The Labute approximate surface area is 121 Å². The van der Waals surface area contributed by atoms with Crippen LogP contribution >= 0.6 is 11.3 Å². The molecule has 0 bridgehead atoms. The molecule has 5 nitrogen and oxygen atoms in total. The molecule has 0 radical (unpaired) electrons. The van der Waals surface area contributed by atoms with Crippen molar-refractivity contribution in [3.8, 4) is 0 Å². The molecule has 0 amide bonds. The largest absolute Gasteiger partial charge is 0.465 e. The molecular formula is C14H15N3O2S. The summed E-state index contributed by atoms with van der Waals surface area (Å²) in [6.45, 7) is 3.79. The number of rotatable bonds is 4. The molecule has 2 aromatic rings. The van der Waals surface area contributed by atoms with Gasteiger partial charge in [0.2, 0.25) is 5.13 Å². The summed E-state index contributed by atoms with van der Waals surface area (Å²) in [4.78, 5) is 15.8. The predicted molar refractivity (Wildman–Crippen MR) is 80.6 cm³/mol. The molecule has 0 saturated heterocycles. The number of methoxy groups -OCH3 is 1. The molecule has 104 valence electrons. The molecule has 1 aromatic carbocycles. The fourth-order valence-corrected chi connectivity index (χ4v) is 2.25. The third-order valence-corrected chi connectivity index (χ3v) is 3.52. The molecule has 0 unspecified atom stereocenters. The zero-order valence-corrected chi connectivity index (χ0v) is 12.3. The van der Waals surface area contributed by atoms with Crippen LogP contribution in [-0.2, 0) is 4.74 Å². The van der Waals surface area contributed by atoms with Crippen LogP contribution in [0.25, 0.3) is 0 Å². The number of esters is 1.